The van der Waals surface area contributed by atoms with Crippen LogP contribution in [-0.4, -0.2) is 37.9 Å². The molecule has 2 atom stereocenters. The number of hydrogen-bond acceptors (Lipinski definition) is 5. The monoisotopic (exact) mass is 460 g/mol. The summed E-state index contributed by atoms with van der Waals surface area (Å²) in [5.41, 5.74) is 1.38. The summed E-state index contributed by atoms with van der Waals surface area (Å²) >= 11 is 0. The smallest absolute Gasteiger partial charge is 0.408 e. The van der Waals surface area contributed by atoms with E-state index in [2.05, 4.69) is 10.6 Å². The minimum absolute atomic E-state index is 0.201. The molecular weight excluding hydrogens is 427 g/mol. The molecule has 0 aliphatic rings. The maximum absolute atomic E-state index is 13.6. The number of rotatable bonds is 10. The fourth-order valence-corrected chi connectivity index (χ4v) is 3.29. The molecule has 0 spiro atoms. The maximum atomic E-state index is 13.6. The first-order chi connectivity index (χ1) is 15.7. The zero-order valence-electron chi connectivity index (χ0n) is 20.0. The van der Waals surface area contributed by atoms with Gasteiger partial charge in [0.25, 0.3) is 0 Å². The number of benzene rings is 2. The topological polar surface area (TPSA) is 85.9 Å². The molecule has 2 rings (SSSR count). The van der Waals surface area contributed by atoms with Crippen LogP contribution in [0.1, 0.15) is 51.8 Å². The summed E-state index contributed by atoms with van der Waals surface area (Å²) in [4.78, 5) is 25.4. The van der Waals surface area contributed by atoms with Gasteiger partial charge in [0, 0.05) is 0 Å². The number of nitrogens with one attached hydrogen (secondary N) is 2. The molecule has 0 aliphatic heterocycles. The number of alkyl carbamates (subject to hydrolysis) is 1. The molecule has 0 saturated heterocycles. The van der Waals surface area contributed by atoms with Crippen molar-refractivity contribution in [1.82, 2.24) is 10.6 Å². The summed E-state index contributed by atoms with van der Waals surface area (Å²) < 4.78 is 29.7. The Balaban J connectivity index is 2.39. The van der Waals surface area contributed by atoms with Gasteiger partial charge in [-0.2, -0.15) is 0 Å². The molecule has 0 saturated carbocycles. The normalized spacial score (nSPS) is 12.8. The van der Waals surface area contributed by atoms with E-state index in [0.717, 1.165) is 0 Å². The third-order valence-electron chi connectivity index (χ3n) is 4.88. The number of amides is 2. The molecule has 2 aromatic carbocycles. The lowest BCUT2D eigenvalue weighted by Gasteiger charge is -2.26. The van der Waals surface area contributed by atoms with Gasteiger partial charge in [-0.3, -0.25) is 4.79 Å². The van der Waals surface area contributed by atoms with Gasteiger partial charge < -0.3 is 24.8 Å². The number of ether oxygens (including phenoxy) is 3. The minimum Gasteiger partial charge on any atom is -0.493 e. The predicted octanol–water partition coefficient (Wildman–Crippen LogP) is 4.60. The summed E-state index contributed by atoms with van der Waals surface area (Å²) in [6.07, 6.45) is -0.982. The van der Waals surface area contributed by atoms with Gasteiger partial charge in [-0.25, -0.2) is 9.18 Å². The molecule has 7 nitrogen and oxygen atoms in total. The van der Waals surface area contributed by atoms with Gasteiger partial charge in [0.2, 0.25) is 5.91 Å². The number of halogens is 1. The van der Waals surface area contributed by atoms with Crippen molar-refractivity contribution in [3.63, 3.8) is 0 Å². The molecule has 2 N–H and O–H groups in total. The van der Waals surface area contributed by atoms with E-state index >= 15 is 0 Å². The fraction of sp³-hybridized carbons (Fsp3) is 0.440. The predicted molar refractivity (Wildman–Crippen MR) is 124 cm³/mol. The second kappa shape index (κ2) is 12.1. The molecule has 33 heavy (non-hydrogen) atoms. The Bertz CT molecular complexity index is 931. The van der Waals surface area contributed by atoms with Crippen LogP contribution in [0, 0.1) is 11.7 Å². The van der Waals surface area contributed by atoms with Crippen LogP contribution in [-0.2, 0) is 9.53 Å². The van der Waals surface area contributed by atoms with Gasteiger partial charge in [-0.05, 0) is 62.1 Å². The molecule has 0 aliphatic carbocycles. The lowest BCUT2D eigenvalue weighted by atomic mass is 9.96. The van der Waals surface area contributed by atoms with Crippen molar-refractivity contribution < 1.29 is 28.2 Å². The molecule has 0 radical (unpaired) electrons. The van der Waals surface area contributed by atoms with E-state index in [1.165, 1.54) is 19.2 Å². The lowest BCUT2D eigenvalue weighted by Crippen LogP contribution is -2.51. The highest BCUT2D eigenvalue weighted by atomic mass is 19.1. The fourth-order valence-electron chi connectivity index (χ4n) is 3.29. The Kier molecular flexibility index (Phi) is 9.51. The zero-order chi connectivity index (χ0) is 24.5. The maximum Gasteiger partial charge on any atom is 0.408 e. The molecule has 8 heteroatoms. The molecule has 2 aromatic rings. The van der Waals surface area contributed by atoms with Crippen LogP contribution in [0.25, 0.3) is 0 Å². The van der Waals surface area contributed by atoms with E-state index in [1.807, 2.05) is 26.8 Å². The highest BCUT2D eigenvalue weighted by molar-refractivity contribution is 5.86. The third-order valence-corrected chi connectivity index (χ3v) is 4.88. The largest absolute Gasteiger partial charge is 0.493 e. The van der Waals surface area contributed by atoms with Gasteiger partial charge in [-0.15, -0.1) is 0 Å². The standard InChI is InChI=1S/C25H33FN2O5/c1-7-32-20-13-10-18(14-21(20)31-6)23(17-8-11-19(26)12-9-17)27-24(29)22(15(2)3)28-25(30)33-16(4)5/h8-16,22-23H,7H2,1-6H3,(H,27,29)(H,28,30)/t22-,23?/m0/s1. The lowest BCUT2D eigenvalue weighted by molar-refractivity contribution is -0.124. The van der Waals surface area contributed by atoms with Crippen LogP contribution in [0.15, 0.2) is 42.5 Å². The molecule has 0 fully saturated rings. The van der Waals surface area contributed by atoms with Crippen molar-refractivity contribution in [1.29, 1.82) is 0 Å². The van der Waals surface area contributed by atoms with Crippen molar-refractivity contribution in [2.45, 2.75) is 52.8 Å². The van der Waals surface area contributed by atoms with E-state index < -0.39 is 24.1 Å². The summed E-state index contributed by atoms with van der Waals surface area (Å²) in [7, 11) is 1.53. The van der Waals surface area contributed by atoms with Crippen LogP contribution in [0.4, 0.5) is 9.18 Å². The van der Waals surface area contributed by atoms with E-state index in [0.29, 0.717) is 29.2 Å². The average Bonchev–Trinajstić information content (AvgIpc) is 2.76. The Labute approximate surface area is 194 Å². The van der Waals surface area contributed by atoms with Crippen LogP contribution >= 0.6 is 0 Å². The Hall–Kier alpha value is -3.29. The average molecular weight is 461 g/mol. The molecule has 2 amide bonds. The second-order valence-electron chi connectivity index (χ2n) is 8.16. The van der Waals surface area contributed by atoms with Crippen molar-refractivity contribution in [3.8, 4) is 11.5 Å². The van der Waals surface area contributed by atoms with E-state index in [9.17, 15) is 14.0 Å². The molecule has 0 bridgehead atoms. The van der Waals surface area contributed by atoms with Crippen LogP contribution in [0.5, 0.6) is 11.5 Å². The van der Waals surface area contributed by atoms with Crippen molar-refractivity contribution in [3.05, 3.63) is 59.4 Å². The SMILES string of the molecule is CCOc1ccc(C(NC(=O)[C@@H](NC(=O)OC(C)C)C(C)C)c2ccc(F)cc2)cc1OC. The quantitative estimate of drug-likeness (QED) is 0.541. The first-order valence-electron chi connectivity index (χ1n) is 11.0. The summed E-state index contributed by atoms with van der Waals surface area (Å²) in [6, 6.07) is 9.77. The van der Waals surface area contributed by atoms with E-state index in [1.54, 1.807) is 38.1 Å². The van der Waals surface area contributed by atoms with Gasteiger partial charge in [0.1, 0.15) is 11.9 Å². The first kappa shape index (κ1) is 26.0. The second-order valence-corrected chi connectivity index (χ2v) is 8.16. The number of carbonyl (C=O) groups excluding carboxylic acids is 2. The van der Waals surface area contributed by atoms with E-state index in [-0.39, 0.29) is 17.8 Å². The van der Waals surface area contributed by atoms with Crippen LogP contribution < -0.4 is 20.1 Å². The van der Waals surface area contributed by atoms with Gasteiger partial charge in [0.05, 0.1) is 25.9 Å². The highest BCUT2D eigenvalue weighted by Crippen LogP contribution is 2.33. The van der Waals surface area contributed by atoms with Crippen molar-refractivity contribution in [2.24, 2.45) is 5.92 Å². The molecular formula is C25H33FN2O5. The summed E-state index contributed by atoms with van der Waals surface area (Å²) in [5, 5.41) is 5.62. The van der Waals surface area contributed by atoms with Crippen molar-refractivity contribution in [2.75, 3.05) is 13.7 Å². The minimum atomic E-state index is -0.830. The third kappa shape index (κ3) is 7.37. The Morgan fingerprint density at radius 2 is 1.58 bits per heavy atom. The Morgan fingerprint density at radius 3 is 2.12 bits per heavy atom. The van der Waals surface area contributed by atoms with Crippen LogP contribution in [0.2, 0.25) is 0 Å². The molecule has 1 unspecified atom stereocenters. The number of hydrogen-bond donors (Lipinski definition) is 2. The first-order valence-corrected chi connectivity index (χ1v) is 11.0. The summed E-state index contributed by atoms with van der Waals surface area (Å²) in [6.45, 7) is 9.46. The van der Waals surface area contributed by atoms with Crippen LogP contribution in [0.3, 0.4) is 0 Å². The van der Waals surface area contributed by atoms with Gasteiger partial charge in [-0.1, -0.05) is 32.0 Å². The molecule has 0 heterocycles. The highest BCUT2D eigenvalue weighted by Gasteiger charge is 2.28. The van der Waals surface area contributed by atoms with Crippen molar-refractivity contribution >= 4 is 12.0 Å². The summed E-state index contributed by atoms with van der Waals surface area (Å²) in [5.74, 6) is 0.105. The van der Waals surface area contributed by atoms with Gasteiger partial charge >= 0.3 is 6.09 Å². The van der Waals surface area contributed by atoms with E-state index in [4.69, 9.17) is 14.2 Å². The van der Waals surface area contributed by atoms with Gasteiger partial charge in [0.15, 0.2) is 11.5 Å². The Morgan fingerprint density at radius 1 is 0.939 bits per heavy atom. The molecule has 180 valence electrons. The zero-order valence-corrected chi connectivity index (χ0v) is 20.0. The molecule has 0 aromatic heterocycles. The number of methoxy groups -OCH3 is 1. The number of carbonyl (C=O) groups is 2.